The van der Waals surface area contributed by atoms with Gasteiger partial charge in [0.05, 0.1) is 11.9 Å². The molecule has 0 saturated carbocycles. The van der Waals surface area contributed by atoms with Gasteiger partial charge in [0.25, 0.3) is 0 Å². The first-order valence-electron chi connectivity index (χ1n) is 9.64. The molecule has 2 aromatic carbocycles. The van der Waals surface area contributed by atoms with Gasteiger partial charge in [0.15, 0.2) is 0 Å². The minimum atomic E-state index is -3.71. The van der Waals surface area contributed by atoms with E-state index in [2.05, 4.69) is 5.32 Å². The first kappa shape index (κ1) is 23.4. The van der Waals surface area contributed by atoms with Crippen molar-refractivity contribution in [2.45, 2.75) is 33.4 Å². The highest BCUT2D eigenvalue weighted by atomic mass is 32.2. The average molecular weight is 432 g/mol. The fraction of sp³-hybridized carbons (Fsp3) is 0.364. The van der Waals surface area contributed by atoms with Crippen LogP contribution < -0.4 is 9.62 Å². The van der Waals surface area contributed by atoms with Gasteiger partial charge in [-0.15, -0.1) is 0 Å². The Kier molecular flexibility index (Phi) is 7.61. The molecule has 8 heteroatoms. The summed E-state index contributed by atoms with van der Waals surface area (Å²) in [5.41, 5.74) is 3.22. The zero-order chi connectivity index (χ0) is 22.5. The molecular weight excluding hydrogens is 402 g/mol. The summed E-state index contributed by atoms with van der Waals surface area (Å²) >= 11 is 0. The monoisotopic (exact) mass is 431 g/mol. The molecule has 0 aliphatic carbocycles. The molecule has 162 valence electrons. The van der Waals surface area contributed by atoms with Gasteiger partial charge in [-0.25, -0.2) is 8.42 Å². The molecule has 0 bridgehead atoms. The number of benzene rings is 2. The summed E-state index contributed by atoms with van der Waals surface area (Å²) in [4.78, 5) is 26.9. The predicted molar refractivity (Wildman–Crippen MR) is 119 cm³/mol. The van der Waals surface area contributed by atoms with Crippen molar-refractivity contribution in [3.05, 3.63) is 65.2 Å². The highest BCUT2D eigenvalue weighted by Gasteiger charge is 2.29. The third kappa shape index (κ3) is 6.06. The maximum Gasteiger partial charge on any atom is 0.244 e. The average Bonchev–Trinajstić information content (AvgIpc) is 2.69. The second-order valence-electron chi connectivity index (χ2n) is 7.41. The maximum absolute atomic E-state index is 13.2. The molecule has 0 saturated heterocycles. The molecule has 0 heterocycles. The second-order valence-corrected chi connectivity index (χ2v) is 9.31. The summed E-state index contributed by atoms with van der Waals surface area (Å²) in [7, 11) is -2.21. The van der Waals surface area contributed by atoms with Gasteiger partial charge in [-0.3, -0.25) is 13.9 Å². The van der Waals surface area contributed by atoms with Crippen LogP contribution in [-0.4, -0.2) is 51.0 Å². The van der Waals surface area contributed by atoms with E-state index in [-0.39, 0.29) is 12.5 Å². The van der Waals surface area contributed by atoms with Gasteiger partial charge in [0.2, 0.25) is 21.8 Å². The minimum Gasteiger partial charge on any atom is -0.357 e. The predicted octanol–water partition coefficient (Wildman–Crippen LogP) is 2.23. The maximum atomic E-state index is 13.2. The van der Waals surface area contributed by atoms with E-state index >= 15 is 0 Å². The van der Waals surface area contributed by atoms with Crippen molar-refractivity contribution in [1.82, 2.24) is 10.2 Å². The van der Waals surface area contributed by atoms with Gasteiger partial charge in [-0.1, -0.05) is 42.0 Å². The van der Waals surface area contributed by atoms with E-state index in [0.717, 1.165) is 27.3 Å². The first-order chi connectivity index (χ1) is 14.0. The van der Waals surface area contributed by atoms with Crippen LogP contribution in [0.25, 0.3) is 0 Å². The van der Waals surface area contributed by atoms with Crippen LogP contribution in [0.3, 0.4) is 0 Å². The van der Waals surface area contributed by atoms with Crippen molar-refractivity contribution < 1.29 is 18.0 Å². The summed E-state index contributed by atoms with van der Waals surface area (Å²) in [6.07, 6.45) is 1.06. The van der Waals surface area contributed by atoms with E-state index in [1.54, 1.807) is 25.1 Å². The molecule has 2 rings (SSSR count). The quantitative estimate of drug-likeness (QED) is 0.694. The van der Waals surface area contributed by atoms with Crippen molar-refractivity contribution in [2.75, 3.05) is 24.2 Å². The molecular formula is C22H29N3O4S. The van der Waals surface area contributed by atoms with Crippen LogP contribution in [0, 0.1) is 13.8 Å². The SMILES string of the molecule is CNC(=O)[C@H](C)N(Cc1ccc(C)cc1)C(=O)CN(c1cccc(C)c1)S(C)(=O)=O. The molecule has 0 aliphatic rings. The molecule has 0 spiro atoms. The highest BCUT2D eigenvalue weighted by Crippen LogP contribution is 2.20. The summed E-state index contributed by atoms with van der Waals surface area (Å²) < 4.78 is 25.9. The van der Waals surface area contributed by atoms with Crippen molar-refractivity contribution in [2.24, 2.45) is 0 Å². The van der Waals surface area contributed by atoms with Gasteiger partial charge in [0, 0.05) is 13.6 Å². The van der Waals surface area contributed by atoms with E-state index in [1.807, 2.05) is 44.2 Å². The lowest BCUT2D eigenvalue weighted by Crippen LogP contribution is -2.50. The molecule has 2 aromatic rings. The van der Waals surface area contributed by atoms with Crippen LogP contribution in [0.5, 0.6) is 0 Å². The molecule has 0 aliphatic heterocycles. The Balaban J connectivity index is 2.36. The molecule has 7 nitrogen and oxygen atoms in total. The number of anilines is 1. The minimum absolute atomic E-state index is 0.194. The van der Waals surface area contributed by atoms with Crippen molar-refractivity contribution in [3.63, 3.8) is 0 Å². The molecule has 1 N–H and O–H groups in total. The molecule has 0 aromatic heterocycles. The van der Waals surface area contributed by atoms with Crippen LogP contribution in [-0.2, 0) is 26.2 Å². The van der Waals surface area contributed by atoms with Crippen molar-refractivity contribution in [1.29, 1.82) is 0 Å². The lowest BCUT2D eigenvalue weighted by Gasteiger charge is -2.31. The number of likely N-dealkylation sites (N-methyl/N-ethyl adjacent to an activating group) is 1. The topological polar surface area (TPSA) is 86.8 Å². The van der Waals surface area contributed by atoms with Crippen LogP contribution in [0.1, 0.15) is 23.6 Å². The standard InChI is InChI=1S/C22H29N3O4S/c1-16-9-11-19(12-10-16)14-24(18(3)22(27)23-4)21(26)15-25(30(5,28)29)20-8-6-7-17(2)13-20/h6-13,18H,14-15H2,1-5H3,(H,23,27)/t18-/m0/s1. The van der Waals surface area contributed by atoms with Crippen molar-refractivity contribution in [3.8, 4) is 0 Å². The lowest BCUT2D eigenvalue weighted by molar-refractivity contribution is -0.139. The van der Waals surface area contributed by atoms with Gasteiger partial charge < -0.3 is 10.2 Å². The molecule has 0 radical (unpaired) electrons. The number of carbonyl (C=O) groups is 2. The number of nitrogens with zero attached hydrogens (tertiary/aromatic N) is 2. The number of carbonyl (C=O) groups excluding carboxylic acids is 2. The summed E-state index contributed by atoms with van der Waals surface area (Å²) in [6, 6.07) is 13.8. The van der Waals surface area contributed by atoms with Crippen LogP contribution in [0.4, 0.5) is 5.69 Å². The normalized spacial score (nSPS) is 12.2. The fourth-order valence-corrected chi connectivity index (χ4v) is 3.92. The van der Waals surface area contributed by atoms with E-state index in [1.165, 1.54) is 11.9 Å². The van der Waals surface area contributed by atoms with Crippen LogP contribution in [0.15, 0.2) is 48.5 Å². The Morgan fingerprint density at radius 3 is 2.20 bits per heavy atom. The molecule has 0 fully saturated rings. The molecule has 1 atom stereocenters. The Labute approximate surface area is 178 Å². The van der Waals surface area contributed by atoms with E-state index in [0.29, 0.717) is 5.69 Å². The summed E-state index contributed by atoms with van der Waals surface area (Å²) in [5.74, 6) is -0.782. The third-order valence-corrected chi connectivity index (χ3v) is 6.00. The van der Waals surface area contributed by atoms with E-state index in [9.17, 15) is 18.0 Å². The smallest absolute Gasteiger partial charge is 0.244 e. The molecule has 2 amide bonds. The van der Waals surface area contributed by atoms with E-state index in [4.69, 9.17) is 0 Å². The fourth-order valence-electron chi connectivity index (χ4n) is 3.08. The van der Waals surface area contributed by atoms with Gasteiger partial charge >= 0.3 is 0 Å². The number of amides is 2. The number of hydrogen-bond donors (Lipinski definition) is 1. The van der Waals surface area contributed by atoms with Crippen LogP contribution >= 0.6 is 0 Å². The zero-order valence-electron chi connectivity index (χ0n) is 18.0. The highest BCUT2D eigenvalue weighted by molar-refractivity contribution is 7.92. The third-order valence-electron chi connectivity index (χ3n) is 4.86. The number of sulfonamides is 1. The Hall–Kier alpha value is -2.87. The van der Waals surface area contributed by atoms with Gasteiger partial charge in [-0.2, -0.15) is 0 Å². The largest absolute Gasteiger partial charge is 0.357 e. The van der Waals surface area contributed by atoms with Gasteiger partial charge in [0.1, 0.15) is 12.6 Å². The molecule has 30 heavy (non-hydrogen) atoms. The Morgan fingerprint density at radius 2 is 1.67 bits per heavy atom. The summed E-state index contributed by atoms with van der Waals surface area (Å²) in [5, 5.41) is 2.55. The number of rotatable bonds is 8. The molecule has 0 unspecified atom stereocenters. The second kappa shape index (κ2) is 9.75. The first-order valence-corrected chi connectivity index (χ1v) is 11.5. The zero-order valence-corrected chi connectivity index (χ0v) is 18.9. The summed E-state index contributed by atoms with van der Waals surface area (Å²) in [6.45, 7) is 5.24. The number of aryl methyl sites for hydroxylation is 2. The van der Waals surface area contributed by atoms with E-state index < -0.39 is 28.5 Å². The van der Waals surface area contributed by atoms with Crippen LogP contribution in [0.2, 0.25) is 0 Å². The number of hydrogen-bond acceptors (Lipinski definition) is 4. The number of nitrogens with one attached hydrogen (secondary N) is 1. The van der Waals surface area contributed by atoms with Crippen molar-refractivity contribution >= 4 is 27.5 Å². The Bertz CT molecular complexity index is 1000. The Morgan fingerprint density at radius 1 is 1.03 bits per heavy atom. The lowest BCUT2D eigenvalue weighted by atomic mass is 10.1. The van der Waals surface area contributed by atoms with Gasteiger partial charge in [-0.05, 0) is 44.0 Å².